The van der Waals surface area contributed by atoms with Crippen LogP contribution in [-0.4, -0.2) is 28.0 Å². The van der Waals surface area contributed by atoms with E-state index in [1.807, 2.05) is 13.8 Å². The highest BCUT2D eigenvalue weighted by Gasteiger charge is 2.23. The number of carbonyl (C=O) groups is 2. The summed E-state index contributed by atoms with van der Waals surface area (Å²) in [7, 11) is 0. The Morgan fingerprint density at radius 2 is 2.05 bits per heavy atom. The maximum atomic E-state index is 12.2. The first-order chi connectivity index (χ1) is 9.35. The zero-order valence-corrected chi connectivity index (χ0v) is 13.2. The molecule has 2 N–H and O–H groups in total. The SMILES string of the molecule is CCCC(NC(=O)c1sc(C)nc1CC(C)C)C(=O)O. The molecule has 1 aromatic rings. The molecule has 20 heavy (non-hydrogen) atoms. The summed E-state index contributed by atoms with van der Waals surface area (Å²) in [5.41, 5.74) is 0.764. The first kappa shape index (κ1) is 16.6. The van der Waals surface area contributed by atoms with Gasteiger partial charge in [0.05, 0.1) is 10.7 Å². The van der Waals surface area contributed by atoms with Crippen molar-refractivity contribution in [1.29, 1.82) is 0 Å². The van der Waals surface area contributed by atoms with E-state index in [4.69, 9.17) is 5.11 Å². The van der Waals surface area contributed by atoms with Gasteiger partial charge in [-0.1, -0.05) is 27.2 Å². The molecule has 0 aliphatic heterocycles. The highest BCUT2D eigenvalue weighted by Crippen LogP contribution is 2.21. The highest BCUT2D eigenvalue weighted by atomic mass is 32.1. The third-order valence-electron chi connectivity index (χ3n) is 2.79. The third-order valence-corrected chi connectivity index (χ3v) is 3.80. The summed E-state index contributed by atoms with van der Waals surface area (Å²) >= 11 is 1.32. The van der Waals surface area contributed by atoms with E-state index >= 15 is 0 Å². The van der Waals surface area contributed by atoms with Crippen molar-refractivity contribution in [3.63, 3.8) is 0 Å². The van der Waals surface area contributed by atoms with Crippen molar-refractivity contribution in [1.82, 2.24) is 10.3 Å². The van der Waals surface area contributed by atoms with Gasteiger partial charge in [0.15, 0.2) is 0 Å². The van der Waals surface area contributed by atoms with Crippen molar-refractivity contribution in [3.8, 4) is 0 Å². The van der Waals surface area contributed by atoms with Crippen LogP contribution in [0.15, 0.2) is 0 Å². The van der Waals surface area contributed by atoms with Crippen molar-refractivity contribution < 1.29 is 14.7 Å². The summed E-state index contributed by atoms with van der Waals surface area (Å²) in [6.45, 7) is 7.87. The first-order valence-corrected chi connectivity index (χ1v) is 7.66. The van der Waals surface area contributed by atoms with Gasteiger partial charge in [-0.15, -0.1) is 11.3 Å². The van der Waals surface area contributed by atoms with E-state index in [-0.39, 0.29) is 5.91 Å². The number of hydrogen-bond acceptors (Lipinski definition) is 4. The van der Waals surface area contributed by atoms with Crippen molar-refractivity contribution in [3.05, 3.63) is 15.6 Å². The van der Waals surface area contributed by atoms with Crippen molar-refractivity contribution >= 4 is 23.2 Å². The first-order valence-electron chi connectivity index (χ1n) is 6.85. The molecule has 1 atom stereocenters. The standard InChI is InChI=1S/C14H22N2O3S/c1-5-6-10(14(18)19)16-13(17)12-11(7-8(2)3)15-9(4)20-12/h8,10H,5-7H2,1-4H3,(H,16,17)(H,18,19). The number of carbonyl (C=O) groups excluding carboxylic acids is 1. The molecule has 0 aromatic carbocycles. The molecule has 112 valence electrons. The van der Waals surface area contributed by atoms with Crippen molar-refractivity contribution in [2.45, 2.75) is 53.0 Å². The molecule has 0 spiro atoms. The minimum atomic E-state index is -0.994. The number of hydrogen-bond donors (Lipinski definition) is 2. The average molecular weight is 298 g/mol. The van der Waals surface area contributed by atoms with Gasteiger partial charge >= 0.3 is 5.97 Å². The van der Waals surface area contributed by atoms with Crippen LogP contribution < -0.4 is 5.32 Å². The number of nitrogens with one attached hydrogen (secondary N) is 1. The molecular weight excluding hydrogens is 276 g/mol. The Labute approximate surface area is 123 Å². The summed E-state index contributed by atoms with van der Waals surface area (Å²) in [6, 6.07) is -0.832. The molecule has 1 unspecified atom stereocenters. The second-order valence-corrected chi connectivity index (χ2v) is 6.46. The fraction of sp³-hybridized carbons (Fsp3) is 0.643. The normalized spacial score (nSPS) is 12.4. The Bertz CT molecular complexity index is 483. The Kier molecular flexibility index (Phi) is 6.13. The number of thiazole rings is 1. The molecule has 0 saturated heterocycles. The number of carboxylic acid groups (broad SMARTS) is 1. The van der Waals surface area contributed by atoms with Crippen LogP contribution in [0.5, 0.6) is 0 Å². The molecule has 0 aliphatic rings. The van der Waals surface area contributed by atoms with E-state index in [1.54, 1.807) is 0 Å². The average Bonchev–Trinajstić information content (AvgIpc) is 2.68. The molecule has 0 bridgehead atoms. The molecule has 1 heterocycles. The van der Waals surface area contributed by atoms with Gasteiger partial charge in [-0.05, 0) is 25.7 Å². The van der Waals surface area contributed by atoms with Crippen LogP contribution >= 0.6 is 11.3 Å². The predicted octanol–water partition coefficient (Wildman–Crippen LogP) is 2.63. The minimum Gasteiger partial charge on any atom is -0.480 e. The zero-order chi connectivity index (χ0) is 15.3. The lowest BCUT2D eigenvalue weighted by Crippen LogP contribution is -2.40. The molecular formula is C14H22N2O3S. The maximum Gasteiger partial charge on any atom is 0.326 e. The van der Waals surface area contributed by atoms with E-state index in [1.165, 1.54) is 11.3 Å². The van der Waals surface area contributed by atoms with Gasteiger partial charge in [0.1, 0.15) is 10.9 Å². The van der Waals surface area contributed by atoms with Crippen LogP contribution in [0, 0.1) is 12.8 Å². The van der Waals surface area contributed by atoms with Gasteiger partial charge < -0.3 is 10.4 Å². The Morgan fingerprint density at radius 3 is 2.55 bits per heavy atom. The number of carboxylic acids is 1. The van der Waals surface area contributed by atoms with Gasteiger partial charge in [0, 0.05) is 0 Å². The predicted molar refractivity (Wildman–Crippen MR) is 79.2 cm³/mol. The summed E-state index contributed by atoms with van der Waals surface area (Å²) in [5, 5.41) is 12.5. The molecule has 0 aliphatic carbocycles. The number of aryl methyl sites for hydroxylation is 1. The quantitative estimate of drug-likeness (QED) is 0.811. The molecule has 1 rings (SSSR count). The van der Waals surface area contributed by atoms with Gasteiger partial charge in [-0.2, -0.15) is 0 Å². The fourth-order valence-corrected chi connectivity index (χ4v) is 2.79. The molecule has 6 heteroatoms. The van der Waals surface area contributed by atoms with E-state index in [0.29, 0.717) is 23.6 Å². The lowest BCUT2D eigenvalue weighted by molar-refractivity contribution is -0.139. The van der Waals surface area contributed by atoms with Crippen LogP contribution in [0.3, 0.4) is 0 Å². The van der Waals surface area contributed by atoms with E-state index < -0.39 is 12.0 Å². The Morgan fingerprint density at radius 1 is 1.40 bits per heavy atom. The van der Waals surface area contributed by atoms with Crippen LogP contribution in [-0.2, 0) is 11.2 Å². The van der Waals surface area contributed by atoms with Gasteiger partial charge in [-0.25, -0.2) is 9.78 Å². The number of aliphatic carboxylic acids is 1. The van der Waals surface area contributed by atoms with Gasteiger partial charge in [-0.3, -0.25) is 4.79 Å². The van der Waals surface area contributed by atoms with Crippen molar-refractivity contribution in [2.75, 3.05) is 0 Å². The lowest BCUT2D eigenvalue weighted by Gasteiger charge is -2.13. The number of nitrogens with zero attached hydrogens (tertiary/aromatic N) is 1. The Balaban J connectivity index is 2.88. The van der Waals surface area contributed by atoms with Crippen LogP contribution in [0.2, 0.25) is 0 Å². The van der Waals surface area contributed by atoms with Crippen molar-refractivity contribution in [2.24, 2.45) is 5.92 Å². The van der Waals surface area contributed by atoms with Crippen LogP contribution in [0.1, 0.15) is 54.0 Å². The number of amides is 1. The highest BCUT2D eigenvalue weighted by molar-refractivity contribution is 7.13. The molecule has 5 nitrogen and oxygen atoms in total. The molecule has 1 amide bonds. The van der Waals surface area contributed by atoms with Crippen LogP contribution in [0.25, 0.3) is 0 Å². The van der Waals surface area contributed by atoms with E-state index in [9.17, 15) is 9.59 Å². The minimum absolute atomic E-state index is 0.327. The molecule has 1 aromatic heterocycles. The Hall–Kier alpha value is -1.43. The second-order valence-electron chi connectivity index (χ2n) is 5.26. The third kappa shape index (κ3) is 4.59. The maximum absolute atomic E-state index is 12.2. The number of rotatable bonds is 7. The summed E-state index contributed by atoms with van der Waals surface area (Å²) in [4.78, 5) is 28.3. The zero-order valence-electron chi connectivity index (χ0n) is 12.4. The lowest BCUT2D eigenvalue weighted by atomic mass is 10.1. The van der Waals surface area contributed by atoms with E-state index in [0.717, 1.165) is 17.1 Å². The topological polar surface area (TPSA) is 79.3 Å². The molecule has 0 radical (unpaired) electrons. The van der Waals surface area contributed by atoms with E-state index in [2.05, 4.69) is 24.1 Å². The summed E-state index contributed by atoms with van der Waals surface area (Å²) in [6.07, 6.45) is 1.86. The van der Waals surface area contributed by atoms with Gasteiger partial charge in [0.2, 0.25) is 0 Å². The van der Waals surface area contributed by atoms with Crippen LogP contribution in [0.4, 0.5) is 0 Å². The number of aromatic nitrogens is 1. The summed E-state index contributed by atoms with van der Waals surface area (Å²) < 4.78 is 0. The smallest absolute Gasteiger partial charge is 0.326 e. The summed E-state index contributed by atoms with van der Waals surface area (Å²) in [5.74, 6) is -0.923. The molecule has 0 fully saturated rings. The molecule has 0 saturated carbocycles. The fourth-order valence-electron chi connectivity index (χ4n) is 1.94. The monoisotopic (exact) mass is 298 g/mol. The second kappa shape index (κ2) is 7.38. The largest absolute Gasteiger partial charge is 0.480 e. The van der Waals surface area contributed by atoms with Gasteiger partial charge in [0.25, 0.3) is 5.91 Å².